The molecular weight excluding hydrogens is 456 g/mol. The number of aryl methyl sites for hydroxylation is 1. The molecule has 2 aromatic heterocycles. The van der Waals surface area contributed by atoms with Gasteiger partial charge in [-0.2, -0.15) is 0 Å². The van der Waals surface area contributed by atoms with Gasteiger partial charge in [0.2, 0.25) is 11.8 Å². The molecule has 10 heteroatoms. The van der Waals surface area contributed by atoms with Crippen LogP contribution in [0.1, 0.15) is 33.4 Å². The standard InChI is InChI=1S/C24H22N4O5S/c1-3-32-23(31)19-14(2)33-22(20(19)21(25)30)27-18(29)13-34-24-26-16-11-7-8-12-17(16)28(24)15-9-5-4-6-10-15/h4-12H,3,13H2,1-2H3,(H2,25,30)(H,27,29). The Morgan fingerprint density at radius 1 is 1.09 bits per heavy atom. The van der Waals surface area contributed by atoms with Gasteiger partial charge in [-0.05, 0) is 38.1 Å². The van der Waals surface area contributed by atoms with Crippen LogP contribution in [0, 0.1) is 6.92 Å². The lowest BCUT2D eigenvalue weighted by atomic mass is 10.1. The van der Waals surface area contributed by atoms with Gasteiger partial charge in [-0.1, -0.05) is 42.1 Å². The molecule has 4 rings (SSSR count). The van der Waals surface area contributed by atoms with E-state index in [9.17, 15) is 14.4 Å². The van der Waals surface area contributed by atoms with Crippen molar-refractivity contribution >= 4 is 46.5 Å². The van der Waals surface area contributed by atoms with E-state index in [0.29, 0.717) is 5.16 Å². The van der Waals surface area contributed by atoms with Gasteiger partial charge in [-0.3, -0.25) is 19.5 Å². The summed E-state index contributed by atoms with van der Waals surface area (Å²) in [6, 6.07) is 17.4. The van der Waals surface area contributed by atoms with E-state index in [1.54, 1.807) is 6.92 Å². The van der Waals surface area contributed by atoms with E-state index < -0.39 is 17.8 Å². The summed E-state index contributed by atoms with van der Waals surface area (Å²) in [7, 11) is 0. The number of benzene rings is 2. The van der Waals surface area contributed by atoms with Gasteiger partial charge < -0.3 is 14.9 Å². The predicted octanol–water partition coefficient (Wildman–Crippen LogP) is 3.93. The number of thioether (sulfide) groups is 1. The Bertz CT molecular complexity index is 1380. The zero-order valence-electron chi connectivity index (χ0n) is 18.5. The number of rotatable bonds is 8. The first kappa shape index (κ1) is 23.1. The van der Waals surface area contributed by atoms with E-state index >= 15 is 0 Å². The number of para-hydroxylation sites is 3. The largest absolute Gasteiger partial charge is 0.462 e. The molecule has 0 spiro atoms. The third kappa shape index (κ3) is 4.53. The molecule has 0 aliphatic heterocycles. The number of aromatic nitrogens is 2. The molecule has 0 aliphatic rings. The maximum absolute atomic E-state index is 12.7. The number of imidazole rings is 1. The molecule has 0 unspecified atom stereocenters. The highest BCUT2D eigenvalue weighted by molar-refractivity contribution is 7.99. The van der Waals surface area contributed by atoms with Crippen molar-refractivity contribution in [3.05, 3.63) is 71.5 Å². The number of carbonyl (C=O) groups is 3. The van der Waals surface area contributed by atoms with Crippen LogP contribution in [0.15, 0.2) is 64.2 Å². The monoisotopic (exact) mass is 478 g/mol. The van der Waals surface area contributed by atoms with Crippen LogP contribution in [0.2, 0.25) is 0 Å². The number of primary amides is 1. The lowest BCUT2D eigenvalue weighted by Crippen LogP contribution is -2.21. The van der Waals surface area contributed by atoms with Gasteiger partial charge in [-0.15, -0.1) is 0 Å². The van der Waals surface area contributed by atoms with Crippen molar-refractivity contribution in [2.75, 3.05) is 17.7 Å². The van der Waals surface area contributed by atoms with Crippen LogP contribution in [-0.2, 0) is 9.53 Å². The molecule has 0 atom stereocenters. The van der Waals surface area contributed by atoms with E-state index in [1.807, 2.05) is 59.2 Å². The van der Waals surface area contributed by atoms with E-state index in [1.165, 1.54) is 18.7 Å². The zero-order chi connectivity index (χ0) is 24.2. The number of furan rings is 1. The quantitative estimate of drug-likeness (QED) is 0.290. The third-order valence-corrected chi connectivity index (χ3v) is 5.88. The Labute approximate surface area is 199 Å². The van der Waals surface area contributed by atoms with Gasteiger partial charge in [0.05, 0.1) is 23.4 Å². The summed E-state index contributed by atoms with van der Waals surface area (Å²) in [4.78, 5) is 41.7. The van der Waals surface area contributed by atoms with Crippen LogP contribution in [0.5, 0.6) is 0 Å². The third-order valence-electron chi connectivity index (χ3n) is 4.94. The fraction of sp³-hybridized carbons (Fsp3) is 0.167. The van der Waals surface area contributed by atoms with E-state index in [4.69, 9.17) is 14.9 Å². The summed E-state index contributed by atoms with van der Waals surface area (Å²) in [6.07, 6.45) is 0. The molecule has 0 saturated heterocycles. The number of ether oxygens (including phenoxy) is 1. The number of nitrogens with one attached hydrogen (secondary N) is 1. The molecule has 0 fully saturated rings. The lowest BCUT2D eigenvalue weighted by Gasteiger charge is -2.09. The van der Waals surface area contributed by atoms with Crippen LogP contribution in [0.25, 0.3) is 16.7 Å². The van der Waals surface area contributed by atoms with Gasteiger partial charge in [0.1, 0.15) is 16.9 Å². The Hall–Kier alpha value is -4.05. The number of fused-ring (bicyclic) bond motifs is 1. The van der Waals surface area contributed by atoms with Crippen LogP contribution in [0.3, 0.4) is 0 Å². The molecule has 0 aliphatic carbocycles. The molecule has 2 aromatic carbocycles. The fourth-order valence-electron chi connectivity index (χ4n) is 3.54. The normalized spacial score (nSPS) is 10.9. The van der Waals surface area contributed by atoms with Crippen molar-refractivity contribution in [3.63, 3.8) is 0 Å². The van der Waals surface area contributed by atoms with Gasteiger partial charge in [0.15, 0.2) is 5.16 Å². The van der Waals surface area contributed by atoms with Crippen molar-refractivity contribution < 1.29 is 23.5 Å². The second kappa shape index (κ2) is 9.84. The molecule has 34 heavy (non-hydrogen) atoms. The maximum Gasteiger partial charge on any atom is 0.342 e. The van der Waals surface area contributed by atoms with Crippen molar-refractivity contribution in [2.45, 2.75) is 19.0 Å². The van der Waals surface area contributed by atoms with E-state index in [2.05, 4.69) is 10.3 Å². The van der Waals surface area contributed by atoms with Crippen LogP contribution in [0.4, 0.5) is 5.88 Å². The molecule has 0 bridgehead atoms. The van der Waals surface area contributed by atoms with Crippen LogP contribution in [-0.4, -0.2) is 39.7 Å². The number of nitrogens with two attached hydrogens (primary N) is 1. The first-order valence-corrected chi connectivity index (χ1v) is 11.4. The molecular formula is C24H22N4O5S. The molecule has 0 saturated carbocycles. The summed E-state index contributed by atoms with van der Waals surface area (Å²) in [5.74, 6) is -2.19. The highest BCUT2D eigenvalue weighted by atomic mass is 32.2. The van der Waals surface area contributed by atoms with Crippen molar-refractivity contribution in [1.82, 2.24) is 9.55 Å². The van der Waals surface area contributed by atoms with Crippen LogP contribution < -0.4 is 11.1 Å². The smallest absolute Gasteiger partial charge is 0.342 e. The first-order valence-electron chi connectivity index (χ1n) is 10.5. The molecule has 0 radical (unpaired) electrons. The predicted molar refractivity (Wildman–Crippen MR) is 128 cm³/mol. The summed E-state index contributed by atoms with van der Waals surface area (Å²) in [5.41, 5.74) is 7.76. The SMILES string of the molecule is CCOC(=O)c1c(C)oc(NC(=O)CSc2nc3ccccc3n2-c2ccccc2)c1C(N)=O. The second-order valence-corrected chi connectivity index (χ2v) is 8.16. The minimum absolute atomic E-state index is 0.0250. The summed E-state index contributed by atoms with van der Waals surface area (Å²) in [6.45, 7) is 3.24. The molecule has 174 valence electrons. The topological polar surface area (TPSA) is 129 Å². The van der Waals surface area contributed by atoms with E-state index in [-0.39, 0.29) is 35.1 Å². The summed E-state index contributed by atoms with van der Waals surface area (Å²) in [5, 5.41) is 3.17. The van der Waals surface area contributed by atoms with Gasteiger partial charge in [0.25, 0.3) is 5.91 Å². The average Bonchev–Trinajstić information content (AvgIpc) is 3.35. The molecule has 4 aromatic rings. The van der Waals surface area contributed by atoms with Crippen molar-refractivity contribution in [2.24, 2.45) is 5.73 Å². The Morgan fingerprint density at radius 2 is 1.79 bits per heavy atom. The summed E-state index contributed by atoms with van der Waals surface area (Å²) >= 11 is 1.22. The lowest BCUT2D eigenvalue weighted by molar-refractivity contribution is -0.113. The highest BCUT2D eigenvalue weighted by Crippen LogP contribution is 2.30. The number of esters is 1. The average molecular weight is 479 g/mol. The van der Waals surface area contributed by atoms with Gasteiger partial charge in [-0.25, -0.2) is 9.78 Å². The minimum Gasteiger partial charge on any atom is -0.462 e. The second-order valence-electron chi connectivity index (χ2n) is 7.21. The first-order chi connectivity index (χ1) is 16.4. The molecule has 2 heterocycles. The Morgan fingerprint density at radius 3 is 2.50 bits per heavy atom. The molecule has 2 amide bonds. The number of carbonyl (C=O) groups excluding carboxylic acids is 3. The number of nitrogens with zero attached hydrogens (tertiary/aromatic N) is 2. The number of anilines is 1. The number of hydrogen-bond donors (Lipinski definition) is 2. The number of amides is 2. The van der Waals surface area contributed by atoms with Gasteiger partial charge >= 0.3 is 5.97 Å². The Kier molecular flexibility index (Phi) is 6.69. The van der Waals surface area contributed by atoms with Crippen LogP contribution >= 0.6 is 11.8 Å². The highest BCUT2D eigenvalue weighted by Gasteiger charge is 2.29. The van der Waals surface area contributed by atoms with Gasteiger partial charge in [0, 0.05) is 5.69 Å². The maximum atomic E-state index is 12.7. The van der Waals surface area contributed by atoms with Crippen molar-refractivity contribution in [1.29, 1.82) is 0 Å². The Balaban J connectivity index is 1.58. The molecule has 9 nitrogen and oxygen atoms in total. The minimum atomic E-state index is -0.909. The number of hydrogen-bond acceptors (Lipinski definition) is 7. The van der Waals surface area contributed by atoms with Crippen molar-refractivity contribution in [3.8, 4) is 5.69 Å². The summed E-state index contributed by atoms with van der Waals surface area (Å²) < 4.78 is 12.4. The molecule has 3 N–H and O–H groups in total. The van der Waals surface area contributed by atoms with E-state index in [0.717, 1.165) is 16.7 Å². The fourth-order valence-corrected chi connectivity index (χ4v) is 4.37. The zero-order valence-corrected chi connectivity index (χ0v) is 19.3.